The molecule has 7 heteroatoms. The SMILES string of the molecule is COc1cccc(C#N)c1CC1C(=O)N(C)C(Cc2ccc(F)cc2)C(=O)N1C. The van der Waals surface area contributed by atoms with E-state index in [1.807, 2.05) is 0 Å². The highest BCUT2D eigenvalue weighted by atomic mass is 19.1. The molecule has 2 atom stereocenters. The molecule has 0 aliphatic carbocycles. The highest BCUT2D eigenvalue weighted by Crippen LogP contribution is 2.28. The van der Waals surface area contributed by atoms with Gasteiger partial charge in [-0.2, -0.15) is 5.26 Å². The number of piperazine rings is 1. The molecule has 1 saturated heterocycles. The van der Waals surface area contributed by atoms with Gasteiger partial charge >= 0.3 is 0 Å². The van der Waals surface area contributed by atoms with Gasteiger partial charge in [-0.15, -0.1) is 0 Å². The molecule has 1 heterocycles. The van der Waals surface area contributed by atoms with Gasteiger partial charge < -0.3 is 14.5 Å². The Bertz CT molecular complexity index is 968. The molecule has 6 nitrogen and oxygen atoms in total. The van der Waals surface area contributed by atoms with E-state index in [1.54, 1.807) is 44.4 Å². The van der Waals surface area contributed by atoms with Crippen LogP contribution in [0.25, 0.3) is 0 Å². The molecule has 0 N–H and O–H groups in total. The molecule has 0 aromatic heterocycles. The predicted molar refractivity (Wildman–Crippen MR) is 105 cm³/mol. The van der Waals surface area contributed by atoms with E-state index in [-0.39, 0.29) is 24.1 Å². The molecular formula is C22H22FN3O3. The van der Waals surface area contributed by atoms with Crippen LogP contribution in [0.15, 0.2) is 42.5 Å². The summed E-state index contributed by atoms with van der Waals surface area (Å²) < 4.78 is 18.5. The first-order valence-electron chi connectivity index (χ1n) is 9.21. The molecule has 0 spiro atoms. The maximum absolute atomic E-state index is 13.2. The van der Waals surface area contributed by atoms with Crippen LogP contribution in [0.3, 0.4) is 0 Å². The lowest BCUT2D eigenvalue weighted by Crippen LogP contribution is -2.63. The maximum atomic E-state index is 13.2. The number of ether oxygens (including phenoxy) is 1. The van der Waals surface area contributed by atoms with E-state index in [1.165, 1.54) is 29.0 Å². The van der Waals surface area contributed by atoms with Gasteiger partial charge in [-0.25, -0.2) is 4.39 Å². The fourth-order valence-corrected chi connectivity index (χ4v) is 3.67. The monoisotopic (exact) mass is 395 g/mol. The average Bonchev–Trinajstić information content (AvgIpc) is 2.74. The van der Waals surface area contributed by atoms with Crippen LogP contribution in [-0.2, 0) is 22.4 Å². The number of nitriles is 1. The van der Waals surface area contributed by atoms with Crippen molar-refractivity contribution in [2.75, 3.05) is 21.2 Å². The summed E-state index contributed by atoms with van der Waals surface area (Å²) in [5.74, 6) is -0.256. The fourth-order valence-electron chi connectivity index (χ4n) is 3.67. The molecule has 0 radical (unpaired) electrons. The summed E-state index contributed by atoms with van der Waals surface area (Å²) in [6.07, 6.45) is 0.484. The van der Waals surface area contributed by atoms with Crippen molar-refractivity contribution in [1.29, 1.82) is 5.26 Å². The number of amides is 2. The third-order valence-corrected chi connectivity index (χ3v) is 5.41. The van der Waals surface area contributed by atoms with Crippen molar-refractivity contribution in [1.82, 2.24) is 9.80 Å². The highest BCUT2D eigenvalue weighted by Gasteiger charge is 2.43. The van der Waals surface area contributed by atoms with Crippen molar-refractivity contribution in [2.24, 2.45) is 0 Å². The summed E-state index contributed by atoms with van der Waals surface area (Å²) in [6, 6.07) is 11.7. The Hall–Kier alpha value is -3.40. The lowest BCUT2D eigenvalue weighted by atomic mass is 9.93. The predicted octanol–water partition coefficient (Wildman–Crippen LogP) is 2.16. The average molecular weight is 395 g/mol. The Morgan fingerprint density at radius 3 is 2.14 bits per heavy atom. The Labute approximate surface area is 169 Å². The zero-order valence-corrected chi connectivity index (χ0v) is 16.6. The van der Waals surface area contributed by atoms with E-state index in [2.05, 4.69) is 6.07 Å². The zero-order chi connectivity index (χ0) is 21.1. The number of carbonyl (C=O) groups excluding carboxylic acids is 2. The van der Waals surface area contributed by atoms with E-state index in [9.17, 15) is 19.2 Å². The van der Waals surface area contributed by atoms with Crippen LogP contribution in [0.2, 0.25) is 0 Å². The molecule has 29 heavy (non-hydrogen) atoms. The van der Waals surface area contributed by atoms with Crippen LogP contribution in [0.5, 0.6) is 5.75 Å². The van der Waals surface area contributed by atoms with Crippen molar-refractivity contribution in [2.45, 2.75) is 24.9 Å². The Balaban J connectivity index is 1.86. The van der Waals surface area contributed by atoms with Crippen molar-refractivity contribution in [3.63, 3.8) is 0 Å². The summed E-state index contributed by atoms with van der Waals surface area (Å²) >= 11 is 0. The van der Waals surface area contributed by atoms with Crippen LogP contribution in [0, 0.1) is 17.1 Å². The quantitative estimate of drug-likeness (QED) is 0.778. The number of carbonyl (C=O) groups is 2. The van der Waals surface area contributed by atoms with Gasteiger partial charge in [-0.05, 0) is 29.8 Å². The molecule has 150 valence electrons. The number of rotatable bonds is 5. The lowest BCUT2D eigenvalue weighted by Gasteiger charge is -2.42. The molecule has 1 aliphatic rings. The first-order valence-corrected chi connectivity index (χ1v) is 9.21. The van der Waals surface area contributed by atoms with Crippen LogP contribution in [0.1, 0.15) is 16.7 Å². The van der Waals surface area contributed by atoms with Crippen LogP contribution >= 0.6 is 0 Å². The number of methoxy groups -OCH3 is 1. The standard InChI is InChI=1S/C22H22FN3O3/c1-25-18(11-14-7-9-16(23)10-8-14)21(27)26(2)19(22(25)28)12-17-15(13-24)5-4-6-20(17)29-3/h4-10,18-19H,11-12H2,1-3H3. The molecule has 2 aromatic rings. The van der Waals surface area contributed by atoms with E-state index in [0.717, 1.165) is 5.56 Å². The minimum Gasteiger partial charge on any atom is -0.496 e. The van der Waals surface area contributed by atoms with Gasteiger partial charge in [0.1, 0.15) is 23.7 Å². The van der Waals surface area contributed by atoms with Gasteiger partial charge in [0.15, 0.2) is 0 Å². The van der Waals surface area contributed by atoms with Crippen molar-refractivity contribution >= 4 is 11.8 Å². The lowest BCUT2D eigenvalue weighted by molar-refractivity contribution is -0.158. The molecule has 2 amide bonds. The first kappa shape index (κ1) is 20.3. The normalized spacial score (nSPS) is 19.3. The molecule has 0 bridgehead atoms. The summed E-state index contributed by atoms with van der Waals surface area (Å²) in [5.41, 5.74) is 1.78. The Morgan fingerprint density at radius 2 is 1.59 bits per heavy atom. The number of hydrogen-bond acceptors (Lipinski definition) is 4. The Kier molecular flexibility index (Phi) is 5.83. The van der Waals surface area contributed by atoms with Crippen LogP contribution in [-0.4, -0.2) is 54.9 Å². The summed E-state index contributed by atoms with van der Waals surface area (Å²) in [5, 5.41) is 9.42. The van der Waals surface area contributed by atoms with Crippen LogP contribution in [0.4, 0.5) is 4.39 Å². The largest absolute Gasteiger partial charge is 0.496 e. The summed E-state index contributed by atoms with van der Waals surface area (Å²) in [7, 11) is 4.70. The van der Waals surface area contributed by atoms with Crippen molar-refractivity contribution < 1.29 is 18.7 Å². The second-order valence-electron chi connectivity index (χ2n) is 7.06. The molecule has 2 unspecified atom stereocenters. The molecule has 1 fully saturated rings. The van der Waals surface area contributed by atoms with E-state index >= 15 is 0 Å². The van der Waals surface area contributed by atoms with Gasteiger partial charge in [0.2, 0.25) is 11.8 Å². The van der Waals surface area contributed by atoms with E-state index in [0.29, 0.717) is 23.3 Å². The minimum atomic E-state index is -0.736. The second-order valence-corrected chi connectivity index (χ2v) is 7.06. The number of nitrogens with zero attached hydrogens (tertiary/aromatic N) is 3. The zero-order valence-electron chi connectivity index (χ0n) is 16.6. The van der Waals surface area contributed by atoms with Gasteiger partial charge in [-0.3, -0.25) is 9.59 Å². The second kappa shape index (κ2) is 8.31. The molecule has 3 rings (SSSR count). The third-order valence-electron chi connectivity index (χ3n) is 5.41. The number of hydrogen-bond donors (Lipinski definition) is 0. The Morgan fingerprint density at radius 1 is 1.00 bits per heavy atom. The summed E-state index contributed by atoms with van der Waals surface area (Å²) in [4.78, 5) is 29.0. The maximum Gasteiger partial charge on any atom is 0.246 e. The molecule has 2 aromatic carbocycles. The van der Waals surface area contributed by atoms with Gasteiger partial charge in [0.25, 0.3) is 0 Å². The first-order chi connectivity index (χ1) is 13.9. The van der Waals surface area contributed by atoms with Gasteiger partial charge in [0.05, 0.1) is 18.7 Å². The molecular weight excluding hydrogens is 373 g/mol. The topological polar surface area (TPSA) is 73.6 Å². The van der Waals surface area contributed by atoms with Crippen molar-refractivity contribution in [3.8, 4) is 11.8 Å². The third kappa shape index (κ3) is 3.92. The van der Waals surface area contributed by atoms with Crippen LogP contribution < -0.4 is 4.74 Å². The number of halogens is 1. The molecule has 1 aliphatic heterocycles. The minimum absolute atomic E-state index is 0.182. The summed E-state index contributed by atoms with van der Waals surface area (Å²) in [6.45, 7) is 0. The highest BCUT2D eigenvalue weighted by molar-refractivity contribution is 5.97. The van der Waals surface area contributed by atoms with Gasteiger partial charge in [-0.1, -0.05) is 18.2 Å². The fraction of sp³-hybridized carbons (Fsp3) is 0.318. The van der Waals surface area contributed by atoms with Gasteiger partial charge in [0, 0.05) is 32.5 Å². The number of benzene rings is 2. The smallest absolute Gasteiger partial charge is 0.246 e. The van der Waals surface area contributed by atoms with E-state index in [4.69, 9.17) is 4.74 Å². The molecule has 0 saturated carbocycles. The van der Waals surface area contributed by atoms with Crippen molar-refractivity contribution in [3.05, 3.63) is 65.0 Å². The number of likely N-dealkylation sites (N-methyl/N-ethyl adjacent to an activating group) is 2. The van der Waals surface area contributed by atoms with E-state index < -0.39 is 12.1 Å².